The van der Waals surface area contributed by atoms with Gasteiger partial charge in [0, 0.05) is 28.9 Å². The van der Waals surface area contributed by atoms with Gasteiger partial charge in [-0.3, -0.25) is 14.4 Å². The number of carbonyl (C=O) groups excluding carboxylic acids is 3. The third-order valence-electron chi connectivity index (χ3n) is 3.43. The molecule has 0 spiro atoms. The number of carbonyl (C=O) groups is 3. The van der Waals surface area contributed by atoms with Crippen molar-refractivity contribution in [3.8, 4) is 0 Å². The van der Waals surface area contributed by atoms with E-state index in [2.05, 4.69) is 10.6 Å². The Balaban J connectivity index is 1.87. The molecule has 2 N–H and O–H groups in total. The van der Waals surface area contributed by atoms with Crippen molar-refractivity contribution in [2.45, 2.75) is 11.8 Å². The molecule has 0 bridgehead atoms. The van der Waals surface area contributed by atoms with Crippen molar-refractivity contribution in [1.82, 2.24) is 0 Å². The summed E-state index contributed by atoms with van der Waals surface area (Å²) in [7, 11) is 1.43. The largest absolute Gasteiger partial charge is 0.375 e. The first-order chi connectivity index (χ1) is 12.9. The predicted molar refractivity (Wildman–Crippen MR) is 103 cm³/mol. The van der Waals surface area contributed by atoms with Gasteiger partial charge in [-0.25, -0.2) is 4.39 Å². The summed E-state index contributed by atoms with van der Waals surface area (Å²) in [6.07, 6.45) is 0. The molecule has 8 heteroatoms. The van der Waals surface area contributed by atoms with Crippen LogP contribution in [0.25, 0.3) is 0 Å². The number of hydrogen-bond acceptors (Lipinski definition) is 5. The molecule has 0 atom stereocenters. The van der Waals surface area contributed by atoms with Crippen molar-refractivity contribution in [3.63, 3.8) is 0 Å². The molecule has 0 aliphatic heterocycles. The number of anilines is 2. The van der Waals surface area contributed by atoms with Crippen LogP contribution in [0.3, 0.4) is 0 Å². The Morgan fingerprint density at radius 1 is 1.00 bits per heavy atom. The average Bonchev–Trinajstić information content (AvgIpc) is 2.62. The van der Waals surface area contributed by atoms with Crippen LogP contribution in [0.2, 0.25) is 0 Å². The van der Waals surface area contributed by atoms with Crippen LogP contribution < -0.4 is 10.6 Å². The van der Waals surface area contributed by atoms with Gasteiger partial charge in [0.2, 0.25) is 11.8 Å². The number of amides is 2. The van der Waals surface area contributed by atoms with E-state index in [1.54, 1.807) is 24.3 Å². The second kappa shape index (κ2) is 9.84. The molecule has 0 unspecified atom stereocenters. The monoisotopic (exact) mass is 390 g/mol. The maximum absolute atomic E-state index is 13.9. The highest BCUT2D eigenvalue weighted by atomic mass is 32.2. The van der Waals surface area contributed by atoms with Crippen molar-refractivity contribution in [2.75, 3.05) is 30.1 Å². The zero-order valence-corrected chi connectivity index (χ0v) is 15.7. The maximum Gasteiger partial charge on any atom is 0.250 e. The topological polar surface area (TPSA) is 84.5 Å². The van der Waals surface area contributed by atoms with Gasteiger partial charge in [0.15, 0.2) is 5.78 Å². The first kappa shape index (κ1) is 20.6. The SMILES string of the molecule is COCC(=O)Nc1ccc(NC(=O)CSc2ccc(C(C)=O)cc2F)cc1. The van der Waals surface area contributed by atoms with Gasteiger partial charge < -0.3 is 15.4 Å². The van der Waals surface area contributed by atoms with E-state index in [4.69, 9.17) is 4.74 Å². The Hall–Kier alpha value is -2.71. The third kappa shape index (κ3) is 6.50. The van der Waals surface area contributed by atoms with Crippen molar-refractivity contribution in [1.29, 1.82) is 0 Å². The Morgan fingerprint density at radius 2 is 1.59 bits per heavy atom. The zero-order chi connectivity index (χ0) is 19.8. The van der Waals surface area contributed by atoms with E-state index < -0.39 is 5.82 Å². The van der Waals surface area contributed by atoms with Gasteiger partial charge in [-0.15, -0.1) is 11.8 Å². The molecule has 0 aliphatic rings. The fourth-order valence-corrected chi connectivity index (χ4v) is 2.86. The van der Waals surface area contributed by atoms with Crippen LogP contribution in [0.5, 0.6) is 0 Å². The number of hydrogen-bond donors (Lipinski definition) is 2. The van der Waals surface area contributed by atoms with Crippen molar-refractivity contribution >= 4 is 40.7 Å². The normalized spacial score (nSPS) is 10.3. The van der Waals surface area contributed by atoms with Gasteiger partial charge in [0.25, 0.3) is 0 Å². The number of rotatable bonds is 8. The Labute approximate surface area is 160 Å². The molecule has 2 aromatic carbocycles. The summed E-state index contributed by atoms with van der Waals surface area (Å²) in [5.74, 6) is -1.31. The number of Topliss-reactive ketones (excluding diaryl/α,β-unsaturated/α-hetero) is 1. The van der Waals surface area contributed by atoms with Crippen LogP contribution in [-0.2, 0) is 14.3 Å². The van der Waals surface area contributed by atoms with E-state index in [0.717, 1.165) is 11.8 Å². The van der Waals surface area contributed by atoms with Crippen molar-refractivity contribution < 1.29 is 23.5 Å². The zero-order valence-electron chi connectivity index (χ0n) is 14.9. The molecule has 27 heavy (non-hydrogen) atoms. The number of ketones is 1. The molecule has 142 valence electrons. The van der Waals surface area contributed by atoms with E-state index >= 15 is 0 Å². The highest BCUT2D eigenvalue weighted by Crippen LogP contribution is 2.23. The van der Waals surface area contributed by atoms with Gasteiger partial charge in [0.05, 0.1) is 5.75 Å². The van der Waals surface area contributed by atoms with E-state index in [1.165, 1.54) is 32.2 Å². The third-order valence-corrected chi connectivity index (χ3v) is 4.47. The first-order valence-corrected chi connectivity index (χ1v) is 8.99. The number of ether oxygens (including phenoxy) is 1. The second-order valence-corrected chi connectivity index (χ2v) is 6.61. The summed E-state index contributed by atoms with van der Waals surface area (Å²) < 4.78 is 18.7. The molecule has 0 saturated carbocycles. The van der Waals surface area contributed by atoms with Crippen molar-refractivity contribution in [3.05, 3.63) is 53.8 Å². The number of halogens is 1. The van der Waals surface area contributed by atoms with Gasteiger partial charge in [-0.05, 0) is 43.3 Å². The summed E-state index contributed by atoms with van der Waals surface area (Å²) in [4.78, 5) is 35.0. The van der Waals surface area contributed by atoms with Crippen LogP contribution in [0.15, 0.2) is 47.4 Å². The number of nitrogens with one attached hydrogen (secondary N) is 2. The minimum atomic E-state index is -0.531. The highest BCUT2D eigenvalue weighted by Gasteiger charge is 2.10. The molecular weight excluding hydrogens is 371 g/mol. The Morgan fingerprint density at radius 3 is 2.11 bits per heavy atom. The van der Waals surface area contributed by atoms with E-state index in [0.29, 0.717) is 21.8 Å². The molecule has 0 radical (unpaired) electrons. The lowest BCUT2D eigenvalue weighted by atomic mass is 10.1. The molecule has 0 aromatic heterocycles. The second-order valence-electron chi connectivity index (χ2n) is 5.60. The fraction of sp³-hybridized carbons (Fsp3) is 0.211. The van der Waals surface area contributed by atoms with Crippen molar-refractivity contribution in [2.24, 2.45) is 0 Å². The Bertz CT molecular complexity index is 840. The smallest absolute Gasteiger partial charge is 0.250 e. The molecule has 0 aliphatic carbocycles. The Kier molecular flexibility index (Phi) is 7.51. The number of benzene rings is 2. The fourth-order valence-electron chi connectivity index (χ4n) is 2.14. The lowest BCUT2D eigenvalue weighted by Crippen LogP contribution is -2.17. The van der Waals surface area contributed by atoms with Gasteiger partial charge in [-0.1, -0.05) is 6.07 Å². The molecule has 0 fully saturated rings. The summed E-state index contributed by atoms with van der Waals surface area (Å²) >= 11 is 1.04. The molecule has 0 heterocycles. The van der Waals surface area contributed by atoms with Crippen LogP contribution in [-0.4, -0.2) is 37.1 Å². The van der Waals surface area contributed by atoms with Gasteiger partial charge in [0.1, 0.15) is 12.4 Å². The summed E-state index contributed by atoms with van der Waals surface area (Å²) in [6, 6.07) is 10.8. The molecule has 2 rings (SSSR count). The standard InChI is InChI=1S/C19H19FN2O4S/c1-12(23)13-3-8-17(16(20)9-13)27-11-19(25)22-15-6-4-14(5-7-15)21-18(24)10-26-2/h3-9H,10-11H2,1-2H3,(H,21,24)(H,22,25). The van der Waals surface area contributed by atoms with Crippen LogP contribution >= 0.6 is 11.8 Å². The van der Waals surface area contributed by atoms with Crippen LogP contribution in [0, 0.1) is 5.82 Å². The van der Waals surface area contributed by atoms with E-state index in [1.807, 2.05) is 0 Å². The van der Waals surface area contributed by atoms with Gasteiger partial charge >= 0.3 is 0 Å². The summed E-state index contributed by atoms with van der Waals surface area (Å²) in [6.45, 7) is 1.32. The lowest BCUT2D eigenvalue weighted by molar-refractivity contribution is -0.119. The van der Waals surface area contributed by atoms with Gasteiger partial charge in [-0.2, -0.15) is 0 Å². The van der Waals surface area contributed by atoms with E-state index in [9.17, 15) is 18.8 Å². The molecular formula is C19H19FN2O4S. The quantitative estimate of drug-likeness (QED) is 0.533. The molecule has 2 aromatic rings. The highest BCUT2D eigenvalue weighted by molar-refractivity contribution is 8.00. The molecule has 6 nitrogen and oxygen atoms in total. The average molecular weight is 390 g/mol. The molecule has 0 saturated heterocycles. The molecule has 2 amide bonds. The van der Waals surface area contributed by atoms with E-state index in [-0.39, 0.29) is 30.0 Å². The maximum atomic E-state index is 13.9. The lowest BCUT2D eigenvalue weighted by Gasteiger charge is -2.08. The van der Waals surface area contributed by atoms with Crippen LogP contribution in [0.1, 0.15) is 17.3 Å². The predicted octanol–water partition coefficient (Wildman–Crippen LogP) is 3.34. The minimum absolute atomic E-state index is 0.0165. The summed E-state index contributed by atoms with van der Waals surface area (Å²) in [5.41, 5.74) is 1.42. The number of methoxy groups -OCH3 is 1. The van der Waals surface area contributed by atoms with Crippen LogP contribution in [0.4, 0.5) is 15.8 Å². The first-order valence-electron chi connectivity index (χ1n) is 8.01. The summed E-state index contributed by atoms with van der Waals surface area (Å²) in [5, 5.41) is 5.34. The minimum Gasteiger partial charge on any atom is -0.375 e. The number of thioether (sulfide) groups is 1.